The highest BCUT2D eigenvalue weighted by Crippen LogP contribution is 2.26. The summed E-state index contributed by atoms with van der Waals surface area (Å²) in [5, 5.41) is 5.83. The maximum atomic E-state index is 10.9. The van der Waals surface area contributed by atoms with Crippen molar-refractivity contribution in [1.29, 1.82) is 0 Å². The Hall–Kier alpha value is -0.390. The molecule has 0 aliphatic carbocycles. The summed E-state index contributed by atoms with van der Waals surface area (Å²) in [5.41, 5.74) is 1.27. The van der Waals surface area contributed by atoms with Gasteiger partial charge in [0.1, 0.15) is 0 Å². The topological polar surface area (TPSA) is 41.1 Å². The summed E-state index contributed by atoms with van der Waals surface area (Å²) < 4.78 is 1.19. The summed E-state index contributed by atoms with van der Waals surface area (Å²) >= 11 is 5.22. The van der Waals surface area contributed by atoms with Gasteiger partial charge in [-0.3, -0.25) is 4.79 Å². The van der Waals surface area contributed by atoms with E-state index in [9.17, 15) is 4.79 Å². The number of thiophene rings is 1. The van der Waals surface area contributed by atoms with Crippen LogP contribution in [-0.2, 0) is 11.3 Å². The molecule has 0 spiro atoms. The Labute approximate surface area is 102 Å². The minimum Gasteiger partial charge on any atom is -0.359 e. The lowest BCUT2D eigenvalue weighted by Crippen LogP contribution is -2.24. The van der Waals surface area contributed by atoms with E-state index in [0.717, 1.165) is 6.54 Å². The molecule has 1 heterocycles. The van der Waals surface area contributed by atoms with Crippen LogP contribution in [0.3, 0.4) is 0 Å². The number of carbonyl (C=O) groups is 1. The van der Waals surface area contributed by atoms with Crippen molar-refractivity contribution < 1.29 is 4.79 Å². The number of amides is 1. The minimum atomic E-state index is 0.0750. The average Bonchev–Trinajstić information content (AvgIpc) is 2.53. The number of hydrogen-bond donors (Lipinski definition) is 2. The second-order valence-corrected chi connectivity index (χ2v) is 5.72. The Bertz CT molecular complexity index is 319. The van der Waals surface area contributed by atoms with E-state index in [2.05, 4.69) is 39.6 Å². The molecule has 1 aromatic rings. The number of nitrogens with one attached hydrogen (secondary N) is 2. The Morgan fingerprint density at radius 1 is 1.60 bits per heavy atom. The van der Waals surface area contributed by atoms with Crippen molar-refractivity contribution in [2.45, 2.75) is 19.9 Å². The van der Waals surface area contributed by atoms with Crippen molar-refractivity contribution in [2.75, 3.05) is 13.6 Å². The molecule has 1 rings (SSSR count). The molecule has 0 bridgehead atoms. The molecule has 0 aliphatic heterocycles. The van der Waals surface area contributed by atoms with Crippen molar-refractivity contribution in [1.82, 2.24) is 10.6 Å². The van der Waals surface area contributed by atoms with Gasteiger partial charge in [-0.05, 0) is 34.5 Å². The highest BCUT2D eigenvalue weighted by Gasteiger charge is 2.02. The molecule has 5 heteroatoms. The Kier molecular flexibility index (Phi) is 5.28. The lowest BCUT2D eigenvalue weighted by atomic mass is 10.3. The molecule has 1 amide bonds. The van der Waals surface area contributed by atoms with Gasteiger partial charge in [-0.15, -0.1) is 11.3 Å². The summed E-state index contributed by atoms with van der Waals surface area (Å²) in [5.74, 6) is 0.0750. The van der Waals surface area contributed by atoms with Gasteiger partial charge >= 0.3 is 0 Å². The molecular formula is C10H15BrN2OS. The Balaban J connectivity index is 2.23. The van der Waals surface area contributed by atoms with E-state index in [-0.39, 0.29) is 5.91 Å². The van der Waals surface area contributed by atoms with Crippen LogP contribution in [0.25, 0.3) is 0 Å². The SMILES string of the molecule is CNC(=O)CCNCc1cc(C)c(Br)s1. The smallest absolute Gasteiger partial charge is 0.221 e. The van der Waals surface area contributed by atoms with Crippen LogP contribution in [0, 0.1) is 6.92 Å². The lowest BCUT2D eigenvalue weighted by Gasteiger charge is -2.01. The molecule has 0 radical (unpaired) electrons. The van der Waals surface area contributed by atoms with Gasteiger partial charge in [0.05, 0.1) is 3.79 Å². The van der Waals surface area contributed by atoms with Crippen molar-refractivity contribution in [3.05, 3.63) is 20.3 Å². The van der Waals surface area contributed by atoms with E-state index < -0.39 is 0 Å². The average molecular weight is 291 g/mol. The second kappa shape index (κ2) is 6.25. The van der Waals surface area contributed by atoms with E-state index in [1.807, 2.05) is 0 Å². The van der Waals surface area contributed by atoms with Crippen molar-refractivity contribution in [2.24, 2.45) is 0 Å². The summed E-state index contributed by atoms with van der Waals surface area (Å²) in [7, 11) is 1.65. The first kappa shape index (κ1) is 12.7. The van der Waals surface area contributed by atoms with Crippen LogP contribution in [0.2, 0.25) is 0 Å². The third kappa shape index (κ3) is 4.32. The fraction of sp³-hybridized carbons (Fsp3) is 0.500. The van der Waals surface area contributed by atoms with Crippen LogP contribution in [0.5, 0.6) is 0 Å². The van der Waals surface area contributed by atoms with E-state index in [1.54, 1.807) is 18.4 Å². The van der Waals surface area contributed by atoms with Gasteiger partial charge in [-0.2, -0.15) is 0 Å². The summed E-state index contributed by atoms with van der Waals surface area (Å²) in [6.07, 6.45) is 0.530. The fourth-order valence-corrected chi connectivity index (χ4v) is 2.75. The molecule has 84 valence electrons. The summed E-state index contributed by atoms with van der Waals surface area (Å²) in [4.78, 5) is 12.2. The maximum absolute atomic E-state index is 10.9. The zero-order chi connectivity index (χ0) is 11.3. The number of hydrogen-bond acceptors (Lipinski definition) is 3. The molecule has 0 saturated carbocycles. The zero-order valence-corrected chi connectivity index (χ0v) is 11.3. The molecule has 0 aromatic carbocycles. The van der Waals surface area contributed by atoms with Crippen LogP contribution in [0.1, 0.15) is 16.9 Å². The van der Waals surface area contributed by atoms with E-state index in [0.29, 0.717) is 13.0 Å². The number of carbonyl (C=O) groups excluding carboxylic acids is 1. The Morgan fingerprint density at radius 3 is 2.87 bits per heavy atom. The van der Waals surface area contributed by atoms with Gasteiger partial charge < -0.3 is 10.6 Å². The standard InChI is InChI=1S/C10H15BrN2OS/c1-7-5-8(15-10(7)11)6-13-4-3-9(14)12-2/h5,13H,3-4,6H2,1-2H3,(H,12,14). The third-order valence-electron chi connectivity index (χ3n) is 2.02. The largest absolute Gasteiger partial charge is 0.359 e. The predicted octanol–water partition coefficient (Wildman–Crippen LogP) is 2.04. The molecule has 1 aromatic heterocycles. The van der Waals surface area contributed by atoms with Gasteiger partial charge in [0.15, 0.2) is 0 Å². The van der Waals surface area contributed by atoms with Crippen molar-refractivity contribution in [3.63, 3.8) is 0 Å². The molecule has 0 atom stereocenters. The minimum absolute atomic E-state index is 0.0750. The van der Waals surface area contributed by atoms with E-state index >= 15 is 0 Å². The van der Waals surface area contributed by atoms with E-state index in [1.165, 1.54) is 14.2 Å². The maximum Gasteiger partial charge on any atom is 0.221 e. The third-order valence-corrected chi connectivity index (χ3v) is 4.15. The highest BCUT2D eigenvalue weighted by molar-refractivity contribution is 9.11. The van der Waals surface area contributed by atoms with Crippen LogP contribution >= 0.6 is 27.3 Å². The van der Waals surface area contributed by atoms with Gasteiger partial charge in [-0.25, -0.2) is 0 Å². The quantitative estimate of drug-likeness (QED) is 0.815. The Morgan fingerprint density at radius 2 is 2.33 bits per heavy atom. The van der Waals surface area contributed by atoms with Gasteiger partial charge in [0.2, 0.25) is 5.91 Å². The molecule has 2 N–H and O–H groups in total. The normalized spacial score (nSPS) is 10.3. The predicted molar refractivity (Wildman–Crippen MR) is 67.1 cm³/mol. The van der Waals surface area contributed by atoms with Crippen molar-refractivity contribution in [3.8, 4) is 0 Å². The molecule has 15 heavy (non-hydrogen) atoms. The fourth-order valence-electron chi connectivity index (χ4n) is 1.15. The number of aryl methyl sites for hydroxylation is 1. The second-order valence-electron chi connectivity index (χ2n) is 3.27. The van der Waals surface area contributed by atoms with Crippen LogP contribution < -0.4 is 10.6 Å². The molecule has 0 saturated heterocycles. The zero-order valence-electron chi connectivity index (χ0n) is 8.89. The van der Waals surface area contributed by atoms with Crippen LogP contribution in [0.15, 0.2) is 9.85 Å². The summed E-state index contributed by atoms with van der Waals surface area (Å²) in [6.45, 7) is 3.62. The lowest BCUT2D eigenvalue weighted by molar-refractivity contribution is -0.120. The van der Waals surface area contributed by atoms with Crippen LogP contribution in [-0.4, -0.2) is 19.5 Å². The van der Waals surface area contributed by atoms with Crippen LogP contribution in [0.4, 0.5) is 0 Å². The summed E-state index contributed by atoms with van der Waals surface area (Å²) in [6, 6.07) is 2.15. The van der Waals surface area contributed by atoms with Gasteiger partial charge in [0, 0.05) is 31.4 Å². The molecule has 3 nitrogen and oxygen atoms in total. The first-order valence-electron chi connectivity index (χ1n) is 4.79. The molecular weight excluding hydrogens is 276 g/mol. The molecule has 0 fully saturated rings. The number of rotatable bonds is 5. The first-order chi connectivity index (χ1) is 7.13. The molecule has 0 aliphatic rings. The highest BCUT2D eigenvalue weighted by atomic mass is 79.9. The van der Waals surface area contributed by atoms with Gasteiger partial charge in [0.25, 0.3) is 0 Å². The van der Waals surface area contributed by atoms with Crippen molar-refractivity contribution >= 4 is 33.2 Å². The number of halogens is 1. The first-order valence-corrected chi connectivity index (χ1v) is 6.40. The van der Waals surface area contributed by atoms with Gasteiger partial charge in [-0.1, -0.05) is 0 Å². The molecule has 0 unspecified atom stereocenters. The monoisotopic (exact) mass is 290 g/mol. The van der Waals surface area contributed by atoms with E-state index in [4.69, 9.17) is 0 Å².